The quantitative estimate of drug-likeness (QED) is 0.689. The number of nitrogens with zero attached hydrogens (tertiary/aromatic N) is 4. The van der Waals surface area contributed by atoms with Crippen LogP contribution in [0.25, 0.3) is 0 Å². The lowest BCUT2D eigenvalue weighted by Crippen LogP contribution is -2.31. The Morgan fingerprint density at radius 2 is 2.21 bits per heavy atom. The van der Waals surface area contributed by atoms with Crippen LogP contribution in [0.2, 0.25) is 0 Å². The molecule has 0 aromatic carbocycles. The maximum Gasteiger partial charge on any atom is 0.244 e. The second kappa shape index (κ2) is 3.65. The monoisotopic (exact) mass is 195 g/mol. The Morgan fingerprint density at radius 1 is 1.50 bits per heavy atom. The molecule has 1 aromatic heterocycles. The van der Waals surface area contributed by atoms with Crippen LogP contribution in [-0.4, -0.2) is 38.9 Å². The summed E-state index contributed by atoms with van der Waals surface area (Å²) >= 11 is 0. The molecular weight excluding hydrogens is 182 g/mol. The number of amides is 1. The molecule has 1 saturated heterocycles. The van der Waals surface area contributed by atoms with E-state index in [2.05, 4.69) is 10.3 Å². The Morgan fingerprint density at radius 3 is 2.79 bits per heavy atom. The molecule has 0 radical (unpaired) electrons. The third kappa shape index (κ3) is 1.84. The van der Waals surface area contributed by atoms with E-state index in [1.165, 1.54) is 4.68 Å². The number of nitrogens with two attached hydrogens (primary N) is 1. The molecule has 14 heavy (non-hydrogen) atoms. The fraction of sp³-hybridized carbons (Fsp3) is 0.625. The number of nitrogen functional groups attached to an aromatic ring is 1. The van der Waals surface area contributed by atoms with Gasteiger partial charge in [-0.15, -0.1) is 5.10 Å². The van der Waals surface area contributed by atoms with E-state index in [9.17, 15) is 4.79 Å². The van der Waals surface area contributed by atoms with Crippen molar-refractivity contribution in [3.05, 3.63) is 6.20 Å². The Kier molecular flexibility index (Phi) is 2.34. The number of carbonyl (C=O) groups is 1. The second-order valence-corrected chi connectivity index (χ2v) is 3.43. The minimum absolute atomic E-state index is 0.0902. The first kappa shape index (κ1) is 8.98. The zero-order chi connectivity index (χ0) is 9.97. The highest BCUT2D eigenvalue weighted by molar-refractivity contribution is 5.76. The van der Waals surface area contributed by atoms with Crippen molar-refractivity contribution in [2.75, 3.05) is 18.8 Å². The normalized spacial score (nSPS) is 16.1. The number of carbonyl (C=O) groups excluding carboxylic acids is 1. The van der Waals surface area contributed by atoms with Crippen molar-refractivity contribution in [1.82, 2.24) is 19.9 Å². The summed E-state index contributed by atoms with van der Waals surface area (Å²) in [5, 5.41) is 7.34. The van der Waals surface area contributed by atoms with Crippen LogP contribution in [0.3, 0.4) is 0 Å². The fourth-order valence-electron chi connectivity index (χ4n) is 1.60. The molecule has 2 heterocycles. The lowest BCUT2D eigenvalue weighted by Gasteiger charge is -2.14. The smallest absolute Gasteiger partial charge is 0.244 e. The number of rotatable bonds is 2. The number of likely N-dealkylation sites (tertiary alicyclic amines) is 1. The van der Waals surface area contributed by atoms with Crippen LogP contribution in [0, 0.1) is 0 Å². The molecule has 0 atom stereocenters. The molecule has 2 rings (SSSR count). The molecule has 0 aliphatic carbocycles. The average molecular weight is 195 g/mol. The predicted molar refractivity (Wildman–Crippen MR) is 50.2 cm³/mol. The van der Waals surface area contributed by atoms with Crippen LogP contribution in [0.4, 0.5) is 5.82 Å². The number of aromatic nitrogens is 3. The lowest BCUT2D eigenvalue weighted by atomic mass is 10.4. The highest BCUT2D eigenvalue weighted by atomic mass is 16.2. The first-order valence-electron chi connectivity index (χ1n) is 4.69. The fourth-order valence-corrected chi connectivity index (χ4v) is 1.60. The summed E-state index contributed by atoms with van der Waals surface area (Å²) in [4.78, 5) is 13.5. The van der Waals surface area contributed by atoms with Crippen molar-refractivity contribution in [2.24, 2.45) is 0 Å². The molecule has 6 heteroatoms. The summed E-state index contributed by atoms with van der Waals surface area (Å²) in [6.45, 7) is 1.97. The topological polar surface area (TPSA) is 77.0 Å². The summed E-state index contributed by atoms with van der Waals surface area (Å²) in [6, 6.07) is 0. The summed E-state index contributed by atoms with van der Waals surface area (Å²) in [5.41, 5.74) is 5.39. The first-order chi connectivity index (χ1) is 6.75. The highest BCUT2D eigenvalue weighted by Gasteiger charge is 2.18. The Hall–Kier alpha value is -1.59. The zero-order valence-electron chi connectivity index (χ0n) is 7.89. The number of hydrogen-bond donors (Lipinski definition) is 1. The van der Waals surface area contributed by atoms with Gasteiger partial charge in [-0.25, -0.2) is 4.68 Å². The summed E-state index contributed by atoms with van der Waals surface area (Å²) in [6.07, 6.45) is 3.77. The molecule has 0 unspecified atom stereocenters. The molecule has 0 saturated carbocycles. The van der Waals surface area contributed by atoms with Crippen molar-refractivity contribution >= 4 is 11.7 Å². The van der Waals surface area contributed by atoms with Gasteiger partial charge in [0.15, 0.2) is 5.82 Å². The van der Waals surface area contributed by atoms with Crippen LogP contribution >= 0.6 is 0 Å². The van der Waals surface area contributed by atoms with Crippen molar-refractivity contribution in [3.63, 3.8) is 0 Å². The van der Waals surface area contributed by atoms with Crippen molar-refractivity contribution in [1.29, 1.82) is 0 Å². The van der Waals surface area contributed by atoms with Crippen LogP contribution in [-0.2, 0) is 11.3 Å². The molecule has 1 aromatic rings. The molecule has 1 fully saturated rings. The Labute approximate surface area is 81.7 Å². The number of hydrogen-bond acceptors (Lipinski definition) is 4. The molecule has 2 N–H and O–H groups in total. The standard InChI is InChI=1S/C8H13N5O/c9-7-5-13(11-10-7)6-8(14)12-3-1-2-4-12/h5H,1-4,6,9H2. The van der Waals surface area contributed by atoms with Gasteiger partial charge in [0.25, 0.3) is 0 Å². The second-order valence-electron chi connectivity index (χ2n) is 3.43. The van der Waals surface area contributed by atoms with Crippen molar-refractivity contribution in [2.45, 2.75) is 19.4 Å². The molecule has 1 amide bonds. The zero-order valence-corrected chi connectivity index (χ0v) is 7.89. The van der Waals surface area contributed by atoms with Gasteiger partial charge in [-0.2, -0.15) is 0 Å². The van der Waals surface area contributed by atoms with Crippen LogP contribution in [0.5, 0.6) is 0 Å². The van der Waals surface area contributed by atoms with Gasteiger partial charge in [-0.1, -0.05) is 5.21 Å². The van der Waals surface area contributed by atoms with E-state index in [1.807, 2.05) is 4.90 Å². The molecule has 1 aliphatic rings. The maximum atomic E-state index is 11.6. The van der Waals surface area contributed by atoms with E-state index in [0.717, 1.165) is 25.9 Å². The minimum Gasteiger partial charge on any atom is -0.381 e. The predicted octanol–water partition coefficient (Wildman–Crippen LogP) is -0.517. The third-order valence-electron chi connectivity index (χ3n) is 2.31. The van der Waals surface area contributed by atoms with E-state index in [0.29, 0.717) is 5.82 Å². The molecule has 1 aliphatic heterocycles. The Bertz CT molecular complexity index is 328. The van der Waals surface area contributed by atoms with Gasteiger partial charge in [-0.3, -0.25) is 4.79 Å². The SMILES string of the molecule is Nc1cn(CC(=O)N2CCCC2)nn1. The lowest BCUT2D eigenvalue weighted by molar-refractivity contribution is -0.130. The van der Waals surface area contributed by atoms with Crippen molar-refractivity contribution in [3.8, 4) is 0 Å². The number of anilines is 1. The van der Waals surface area contributed by atoms with E-state index in [-0.39, 0.29) is 12.5 Å². The van der Waals surface area contributed by atoms with Gasteiger partial charge >= 0.3 is 0 Å². The summed E-state index contributed by atoms with van der Waals surface area (Å²) in [7, 11) is 0. The van der Waals surface area contributed by atoms with Crippen LogP contribution < -0.4 is 5.73 Å². The van der Waals surface area contributed by atoms with Gasteiger partial charge < -0.3 is 10.6 Å². The van der Waals surface area contributed by atoms with Crippen molar-refractivity contribution < 1.29 is 4.79 Å². The van der Waals surface area contributed by atoms with Gasteiger partial charge in [-0.05, 0) is 12.8 Å². The van der Waals surface area contributed by atoms with Gasteiger partial charge in [0.05, 0.1) is 6.20 Å². The van der Waals surface area contributed by atoms with E-state index < -0.39 is 0 Å². The highest BCUT2D eigenvalue weighted by Crippen LogP contribution is 2.08. The summed E-state index contributed by atoms with van der Waals surface area (Å²) < 4.78 is 1.47. The van der Waals surface area contributed by atoms with E-state index in [4.69, 9.17) is 5.73 Å². The van der Waals surface area contributed by atoms with E-state index in [1.54, 1.807) is 6.20 Å². The molecule has 0 bridgehead atoms. The molecule has 76 valence electrons. The maximum absolute atomic E-state index is 11.6. The third-order valence-corrected chi connectivity index (χ3v) is 2.31. The minimum atomic E-state index is 0.0902. The molecule has 0 spiro atoms. The van der Waals surface area contributed by atoms with Crippen LogP contribution in [0.15, 0.2) is 6.20 Å². The van der Waals surface area contributed by atoms with E-state index >= 15 is 0 Å². The van der Waals surface area contributed by atoms with Crippen LogP contribution in [0.1, 0.15) is 12.8 Å². The summed E-state index contributed by atoms with van der Waals surface area (Å²) in [5.74, 6) is 0.437. The Balaban J connectivity index is 1.93. The first-order valence-corrected chi connectivity index (χ1v) is 4.69. The van der Waals surface area contributed by atoms with Gasteiger partial charge in [0.2, 0.25) is 5.91 Å². The van der Waals surface area contributed by atoms with Gasteiger partial charge in [0.1, 0.15) is 6.54 Å². The van der Waals surface area contributed by atoms with Gasteiger partial charge in [0, 0.05) is 13.1 Å². The molecule has 6 nitrogen and oxygen atoms in total. The molecular formula is C8H13N5O. The largest absolute Gasteiger partial charge is 0.381 e. The average Bonchev–Trinajstić information content (AvgIpc) is 2.75.